The lowest BCUT2D eigenvalue weighted by atomic mass is 9.98. The van der Waals surface area contributed by atoms with Crippen molar-refractivity contribution in [3.8, 4) is 0 Å². The van der Waals surface area contributed by atoms with Crippen LogP contribution in [0.25, 0.3) is 0 Å². The van der Waals surface area contributed by atoms with Gasteiger partial charge in [0.15, 0.2) is 0 Å². The summed E-state index contributed by atoms with van der Waals surface area (Å²) in [6.45, 7) is 2.59. The standard InChI is InChI=1S/C11H12F3NO/c1-10(15-6-7-16-10)8-4-2-3-5-9(8)11(12,13)14/h2-5,15H,6-7H2,1H3. The number of benzene rings is 1. The second-order valence-corrected chi connectivity index (χ2v) is 3.85. The lowest BCUT2D eigenvalue weighted by molar-refractivity contribution is -0.141. The molecule has 1 saturated heterocycles. The number of halogens is 3. The zero-order valence-electron chi connectivity index (χ0n) is 8.77. The number of rotatable bonds is 1. The normalized spacial score (nSPS) is 26.0. The van der Waals surface area contributed by atoms with E-state index in [9.17, 15) is 13.2 Å². The molecule has 1 aromatic carbocycles. The maximum Gasteiger partial charge on any atom is 0.416 e. The molecule has 0 bridgehead atoms. The van der Waals surface area contributed by atoms with Crippen molar-refractivity contribution in [2.45, 2.75) is 18.8 Å². The Morgan fingerprint density at radius 1 is 1.31 bits per heavy atom. The number of ether oxygens (including phenoxy) is 1. The zero-order valence-corrected chi connectivity index (χ0v) is 8.77. The summed E-state index contributed by atoms with van der Waals surface area (Å²) in [6.07, 6.45) is -4.35. The fourth-order valence-corrected chi connectivity index (χ4v) is 1.92. The molecule has 1 aliphatic heterocycles. The van der Waals surface area contributed by atoms with Gasteiger partial charge in [-0.05, 0) is 13.0 Å². The van der Waals surface area contributed by atoms with Crippen LogP contribution < -0.4 is 5.32 Å². The maximum atomic E-state index is 12.8. The highest BCUT2D eigenvalue weighted by Crippen LogP contribution is 2.37. The first-order chi connectivity index (χ1) is 7.43. The minimum absolute atomic E-state index is 0.139. The van der Waals surface area contributed by atoms with Crippen molar-refractivity contribution in [2.75, 3.05) is 13.2 Å². The molecule has 0 aliphatic carbocycles. The van der Waals surface area contributed by atoms with Crippen LogP contribution in [0.15, 0.2) is 24.3 Å². The van der Waals surface area contributed by atoms with E-state index in [1.807, 2.05) is 0 Å². The van der Waals surface area contributed by atoms with Gasteiger partial charge in [-0.15, -0.1) is 0 Å². The Kier molecular flexibility index (Phi) is 2.67. The molecule has 1 heterocycles. The summed E-state index contributed by atoms with van der Waals surface area (Å²) in [5.41, 5.74) is -1.54. The van der Waals surface area contributed by atoms with Crippen molar-refractivity contribution in [1.82, 2.24) is 5.32 Å². The van der Waals surface area contributed by atoms with E-state index in [2.05, 4.69) is 5.32 Å². The monoisotopic (exact) mass is 231 g/mol. The molecule has 0 spiro atoms. The summed E-state index contributed by atoms with van der Waals surface area (Å²) in [6, 6.07) is 5.48. The van der Waals surface area contributed by atoms with Crippen LogP contribution in [0.4, 0.5) is 13.2 Å². The summed E-state index contributed by atoms with van der Waals surface area (Å²) in [5.74, 6) is 0. The fourth-order valence-electron chi connectivity index (χ4n) is 1.92. The molecule has 1 atom stereocenters. The maximum absolute atomic E-state index is 12.8. The Bertz CT molecular complexity index is 383. The largest absolute Gasteiger partial charge is 0.416 e. The molecule has 0 saturated carbocycles. The van der Waals surface area contributed by atoms with Crippen LogP contribution >= 0.6 is 0 Å². The quantitative estimate of drug-likeness (QED) is 0.801. The van der Waals surface area contributed by atoms with Gasteiger partial charge in [0.05, 0.1) is 12.2 Å². The third-order valence-electron chi connectivity index (χ3n) is 2.70. The Morgan fingerprint density at radius 3 is 2.56 bits per heavy atom. The molecule has 2 nitrogen and oxygen atoms in total. The van der Waals surface area contributed by atoms with Gasteiger partial charge in [-0.1, -0.05) is 18.2 Å². The molecule has 1 aliphatic rings. The highest BCUT2D eigenvalue weighted by molar-refractivity contribution is 5.34. The van der Waals surface area contributed by atoms with Gasteiger partial charge in [0, 0.05) is 12.1 Å². The first-order valence-corrected chi connectivity index (χ1v) is 4.99. The summed E-state index contributed by atoms with van der Waals surface area (Å²) in [7, 11) is 0. The highest BCUT2D eigenvalue weighted by atomic mass is 19.4. The summed E-state index contributed by atoms with van der Waals surface area (Å²) in [5, 5.41) is 2.94. The number of nitrogens with one attached hydrogen (secondary N) is 1. The van der Waals surface area contributed by atoms with Gasteiger partial charge in [0.2, 0.25) is 0 Å². The minimum atomic E-state index is -4.35. The summed E-state index contributed by atoms with van der Waals surface area (Å²) in [4.78, 5) is 0. The lowest BCUT2D eigenvalue weighted by Crippen LogP contribution is -2.36. The first kappa shape index (κ1) is 11.4. The van der Waals surface area contributed by atoms with E-state index in [1.165, 1.54) is 12.1 Å². The van der Waals surface area contributed by atoms with Crippen molar-refractivity contribution in [3.05, 3.63) is 35.4 Å². The van der Waals surface area contributed by atoms with E-state index >= 15 is 0 Å². The van der Waals surface area contributed by atoms with Crippen molar-refractivity contribution in [1.29, 1.82) is 0 Å². The number of alkyl halides is 3. The fraction of sp³-hybridized carbons (Fsp3) is 0.455. The highest BCUT2D eigenvalue weighted by Gasteiger charge is 2.41. The van der Waals surface area contributed by atoms with E-state index in [0.29, 0.717) is 13.2 Å². The van der Waals surface area contributed by atoms with Gasteiger partial charge in [-0.3, -0.25) is 5.32 Å². The lowest BCUT2D eigenvalue weighted by Gasteiger charge is -2.27. The van der Waals surface area contributed by atoms with Crippen LogP contribution in [0.1, 0.15) is 18.1 Å². The minimum Gasteiger partial charge on any atom is -0.355 e. The molecular formula is C11H12F3NO. The van der Waals surface area contributed by atoms with Gasteiger partial charge in [0.25, 0.3) is 0 Å². The van der Waals surface area contributed by atoms with Crippen molar-refractivity contribution in [2.24, 2.45) is 0 Å². The van der Waals surface area contributed by atoms with E-state index < -0.39 is 17.5 Å². The van der Waals surface area contributed by atoms with Crippen molar-refractivity contribution in [3.63, 3.8) is 0 Å². The molecule has 88 valence electrons. The van der Waals surface area contributed by atoms with Gasteiger partial charge in [0.1, 0.15) is 5.72 Å². The predicted molar refractivity (Wildman–Crippen MR) is 52.8 cm³/mol. The topological polar surface area (TPSA) is 21.3 Å². The van der Waals surface area contributed by atoms with Crippen LogP contribution in [0.3, 0.4) is 0 Å². The molecule has 5 heteroatoms. The van der Waals surface area contributed by atoms with Crippen LogP contribution in [-0.4, -0.2) is 13.2 Å². The van der Waals surface area contributed by atoms with Gasteiger partial charge in [-0.2, -0.15) is 13.2 Å². The molecule has 2 rings (SSSR count). The molecular weight excluding hydrogens is 219 g/mol. The summed E-state index contributed by atoms with van der Waals surface area (Å²) < 4.78 is 43.7. The molecule has 16 heavy (non-hydrogen) atoms. The molecule has 1 fully saturated rings. The van der Waals surface area contributed by atoms with E-state index in [1.54, 1.807) is 13.0 Å². The van der Waals surface area contributed by atoms with E-state index in [0.717, 1.165) is 6.07 Å². The van der Waals surface area contributed by atoms with Gasteiger partial charge >= 0.3 is 6.18 Å². The molecule has 0 aromatic heterocycles. The third kappa shape index (κ3) is 1.92. The van der Waals surface area contributed by atoms with Gasteiger partial charge in [-0.25, -0.2) is 0 Å². The number of hydrogen-bond acceptors (Lipinski definition) is 2. The zero-order chi connectivity index (χ0) is 11.8. The molecule has 1 aromatic rings. The second kappa shape index (κ2) is 3.75. The summed E-state index contributed by atoms with van der Waals surface area (Å²) >= 11 is 0. The van der Waals surface area contributed by atoms with Crippen molar-refractivity contribution >= 4 is 0 Å². The first-order valence-electron chi connectivity index (χ1n) is 4.99. The smallest absolute Gasteiger partial charge is 0.355 e. The Hall–Kier alpha value is -1.07. The van der Waals surface area contributed by atoms with Crippen molar-refractivity contribution < 1.29 is 17.9 Å². The molecule has 0 amide bonds. The van der Waals surface area contributed by atoms with E-state index in [-0.39, 0.29) is 5.56 Å². The molecule has 1 N–H and O–H groups in total. The van der Waals surface area contributed by atoms with Crippen LogP contribution in [0, 0.1) is 0 Å². The SMILES string of the molecule is CC1(c2ccccc2C(F)(F)F)NCCO1. The van der Waals surface area contributed by atoms with Crippen LogP contribution in [0.5, 0.6) is 0 Å². The average Bonchev–Trinajstić information content (AvgIpc) is 2.65. The average molecular weight is 231 g/mol. The third-order valence-corrected chi connectivity index (χ3v) is 2.70. The number of hydrogen-bond donors (Lipinski definition) is 1. The molecule has 1 unspecified atom stereocenters. The Labute approximate surface area is 91.4 Å². The van der Waals surface area contributed by atoms with Gasteiger partial charge < -0.3 is 4.74 Å². The molecule has 0 radical (unpaired) electrons. The second-order valence-electron chi connectivity index (χ2n) is 3.85. The van der Waals surface area contributed by atoms with E-state index in [4.69, 9.17) is 4.74 Å². The van der Waals surface area contributed by atoms with Crippen LogP contribution in [0.2, 0.25) is 0 Å². The van der Waals surface area contributed by atoms with Crippen LogP contribution in [-0.2, 0) is 16.6 Å². The Balaban J connectivity index is 2.48. The predicted octanol–water partition coefficient (Wildman–Crippen LogP) is 2.50. The Morgan fingerprint density at radius 2 is 2.00 bits per heavy atom.